The van der Waals surface area contributed by atoms with Crippen molar-refractivity contribution in [2.45, 2.75) is 71.8 Å². The van der Waals surface area contributed by atoms with Gasteiger partial charge < -0.3 is 28.6 Å². The first-order valence-electron chi connectivity index (χ1n) is 25.1. The maximum atomic E-state index is 13.4. The number of aliphatic hydroxyl groups is 1. The van der Waals surface area contributed by atoms with Crippen LogP contribution in [0.15, 0.2) is 119 Å². The molecule has 2 aliphatic heterocycles. The third-order valence-electron chi connectivity index (χ3n) is 13.4. The zero-order chi connectivity index (χ0) is 55.8. The Labute approximate surface area is 444 Å². The number of carbonyl (C=O) groups excluding carboxylic acids is 3. The Hall–Kier alpha value is -9.35. The summed E-state index contributed by atoms with van der Waals surface area (Å²) < 4.78 is 16.5. The quantitative estimate of drug-likeness (QED) is 0.0525. The highest BCUT2D eigenvalue weighted by Gasteiger charge is 2.26. The second kappa shape index (κ2) is 24.1. The number of para-hydroxylation sites is 2. The van der Waals surface area contributed by atoms with Crippen LogP contribution in [0.5, 0.6) is 0 Å². The number of rotatable bonds is 13. The summed E-state index contributed by atoms with van der Waals surface area (Å²) in [7, 11) is 0. The molecule has 6 heterocycles. The molecule has 2 aliphatic rings. The van der Waals surface area contributed by atoms with Crippen LogP contribution in [0.2, 0.25) is 0 Å². The van der Waals surface area contributed by atoms with Gasteiger partial charge in [0.15, 0.2) is 0 Å². The summed E-state index contributed by atoms with van der Waals surface area (Å²) in [5.41, 5.74) is 3.67. The Bertz CT molecular complexity index is 3800. The van der Waals surface area contributed by atoms with Gasteiger partial charge in [-0.3, -0.25) is 58.2 Å². The fourth-order valence-corrected chi connectivity index (χ4v) is 10.3. The van der Waals surface area contributed by atoms with Gasteiger partial charge in [-0.2, -0.15) is 10.5 Å². The first kappa shape index (κ1) is 54.9. The molecule has 22 heteroatoms. The number of hydrogen-bond acceptors (Lipinski definition) is 16. The number of benzene rings is 4. The molecule has 0 saturated carbocycles. The molecule has 4 aromatic heterocycles. The lowest BCUT2D eigenvalue weighted by molar-refractivity contribution is -0.385. The summed E-state index contributed by atoms with van der Waals surface area (Å²) in [6.45, 7) is 9.39. The number of aromatic nitrogens is 4. The van der Waals surface area contributed by atoms with E-state index in [9.17, 15) is 59.8 Å². The number of β-amino-alcohol motifs (C(OH)–C–C–N with tert-alkyl or cyclic N) is 1. The van der Waals surface area contributed by atoms with Crippen LogP contribution in [0.25, 0.3) is 55.2 Å². The Morgan fingerprint density at radius 2 is 0.974 bits per heavy atom. The molecule has 4 aromatic carbocycles. The largest absolute Gasteiger partial charge is 0.459 e. The molecule has 400 valence electrons. The number of nitrogens with zero attached hydrogens (tertiary/aromatic N) is 10. The molecule has 22 nitrogen and oxygen atoms in total. The van der Waals surface area contributed by atoms with E-state index < -0.39 is 45.1 Å². The summed E-state index contributed by atoms with van der Waals surface area (Å²) in [5.74, 6) is -1.49. The van der Waals surface area contributed by atoms with E-state index in [2.05, 4.69) is 14.5 Å². The van der Waals surface area contributed by atoms with Gasteiger partial charge >= 0.3 is 17.9 Å². The van der Waals surface area contributed by atoms with Gasteiger partial charge in [0.05, 0.1) is 62.1 Å². The van der Waals surface area contributed by atoms with Crippen LogP contribution in [-0.4, -0.2) is 112 Å². The van der Waals surface area contributed by atoms with E-state index in [1.165, 1.54) is 78.4 Å². The van der Waals surface area contributed by atoms with Crippen molar-refractivity contribution in [1.29, 1.82) is 10.5 Å². The van der Waals surface area contributed by atoms with Crippen molar-refractivity contribution in [3.8, 4) is 23.5 Å². The molecule has 0 bridgehead atoms. The van der Waals surface area contributed by atoms with E-state index >= 15 is 0 Å². The molecule has 0 amide bonds. The van der Waals surface area contributed by atoms with E-state index in [1.54, 1.807) is 12.1 Å². The number of pyridine rings is 2. The minimum Gasteiger partial charge on any atom is -0.459 e. The number of nitro benzene ring substituents is 2. The zero-order valence-electron chi connectivity index (χ0n) is 42.9. The van der Waals surface area contributed by atoms with Crippen LogP contribution in [0.1, 0.15) is 57.6 Å². The number of hydrogen-bond donors (Lipinski definition) is 1. The smallest absolute Gasteiger partial charge is 0.310 e. The fourth-order valence-electron chi connectivity index (χ4n) is 10.3. The first-order valence-corrected chi connectivity index (χ1v) is 25.1. The molecular formula is C56H54N10O12. The summed E-state index contributed by atoms with van der Waals surface area (Å²) in [4.78, 5) is 84.0. The number of non-ortho nitro benzene ring substituents is 2. The minimum absolute atomic E-state index is 0.0380. The number of likely N-dealkylation sites (tertiary alicyclic amines) is 2. The average molecular weight is 1060 g/mol. The average Bonchev–Trinajstić information content (AvgIpc) is 4.39. The fraction of sp³-hybridized carbons (Fsp3) is 0.304. The number of nitriles is 2. The molecule has 2 atom stereocenters. The van der Waals surface area contributed by atoms with Crippen molar-refractivity contribution < 1.29 is 38.8 Å². The van der Waals surface area contributed by atoms with Crippen LogP contribution < -0.4 is 11.1 Å². The number of fused-ring (bicyclic) bond motifs is 6. The molecule has 0 spiro atoms. The second-order valence-corrected chi connectivity index (χ2v) is 18.9. The molecular weight excluding hydrogens is 1000 g/mol. The third kappa shape index (κ3) is 12.0. The molecule has 1 N–H and O–H groups in total. The predicted molar refractivity (Wildman–Crippen MR) is 288 cm³/mol. The van der Waals surface area contributed by atoms with Crippen LogP contribution in [0, 0.1) is 42.9 Å². The highest BCUT2D eigenvalue weighted by molar-refractivity contribution is 6.08. The van der Waals surface area contributed by atoms with Gasteiger partial charge in [0.2, 0.25) is 0 Å². The van der Waals surface area contributed by atoms with Crippen molar-refractivity contribution in [2.75, 3.05) is 39.3 Å². The van der Waals surface area contributed by atoms with E-state index in [-0.39, 0.29) is 28.5 Å². The third-order valence-corrected chi connectivity index (χ3v) is 13.4. The normalized spacial score (nSPS) is 14.2. The number of nitro groups is 2. The molecule has 0 radical (unpaired) electrons. The van der Waals surface area contributed by atoms with Gasteiger partial charge in [0.1, 0.15) is 29.4 Å². The van der Waals surface area contributed by atoms with Gasteiger partial charge in [0.25, 0.3) is 22.5 Å². The molecule has 2 saturated heterocycles. The van der Waals surface area contributed by atoms with Gasteiger partial charge in [-0.1, -0.05) is 36.4 Å². The van der Waals surface area contributed by atoms with Crippen LogP contribution in [0.3, 0.4) is 0 Å². The molecule has 8 aromatic rings. The van der Waals surface area contributed by atoms with Crippen molar-refractivity contribution in [3.05, 3.63) is 161 Å². The lowest BCUT2D eigenvalue weighted by Crippen LogP contribution is -2.36. The van der Waals surface area contributed by atoms with E-state index in [0.717, 1.165) is 73.7 Å². The zero-order valence-corrected chi connectivity index (χ0v) is 42.9. The lowest BCUT2D eigenvalue weighted by atomic mass is 10.2. The van der Waals surface area contributed by atoms with Gasteiger partial charge in [0, 0.05) is 80.3 Å². The Morgan fingerprint density at radius 1 is 0.577 bits per heavy atom. The summed E-state index contributed by atoms with van der Waals surface area (Å²) >= 11 is 0. The topological polar surface area (TPSA) is 284 Å². The van der Waals surface area contributed by atoms with E-state index in [1.807, 2.05) is 69.8 Å². The molecule has 10 rings (SSSR count). The summed E-state index contributed by atoms with van der Waals surface area (Å²) in [6.07, 6.45) is 3.43. The van der Waals surface area contributed by atoms with Gasteiger partial charge in [-0.05, 0) is 100 Å². The van der Waals surface area contributed by atoms with Crippen molar-refractivity contribution >= 4 is 73.2 Å². The monoisotopic (exact) mass is 1060 g/mol. The Morgan fingerprint density at radius 3 is 1.35 bits per heavy atom. The summed E-state index contributed by atoms with van der Waals surface area (Å²) in [5, 5.41) is 54.2. The number of ether oxygens (including phenoxy) is 2. The molecule has 2 unspecified atom stereocenters. The standard InChI is InChI=1S/C27H25N5O5.C25H23N5O4.C4H6O3/c1-18(33)37-22(16-29-12-4-5-13-29)17-30-24-7-3-2-6-23(24)26-25(30)14-19(15-28)27(34)31(26)20-8-10-21(11-9-20)32(35)36;26-14-17-13-23-24(29(25(17)32)18-7-9-19(10-8-18)30(33)34)21-5-1-2-6-22(21)28(23)16-20(31)15-27-11-3-4-12-27;1-3(5)7-4(2)6/h2-3,6-11,14,22H,4-5,12-13,16-17H2,1H3;1-2,5-10,13,20,31H,3-4,11-12,15-16H2;1-2H3. The van der Waals surface area contributed by atoms with Crippen molar-refractivity contribution in [3.63, 3.8) is 0 Å². The number of esters is 3. The predicted octanol–water partition coefficient (Wildman–Crippen LogP) is 7.03. The summed E-state index contributed by atoms with van der Waals surface area (Å²) in [6, 6.07) is 33.6. The van der Waals surface area contributed by atoms with Gasteiger partial charge in [-0.25, -0.2) is 0 Å². The number of carbonyl (C=O) groups is 3. The van der Waals surface area contributed by atoms with Crippen molar-refractivity contribution in [1.82, 2.24) is 28.1 Å². The van der Waals surface area contributed by atoms with Crippen LogP contribution >= 0.6 is 0 Å². The Balaban J connectivity index is 0.000000184. The maximum absolute atomic E-state index is 13.4. The molecule has 78 heavy (non-hydrogen) atoms. The molecule has 2 fully saturated rings. The van der Waals surface area contributed by atoms with E-state index in [0.29, 0.717) is 59.6 Å². The molecule has 0 aliphatic carbocycles. The van der Waals surface area contributed by atoms with Crippen molar-refractivity contribution in [2.24, 2.45) is 0 Å². The Kier molecular flexibility index (Phi) is 17.0. The maximum Gasteiger partial charge on any atom is 0.310 e. The second-order valence-electron chi connectivity index (χ2n) is 18.9. The van der Waals surface area contributed by atoms with E-state index in [4.69, 9.17) is 4.74 Å². The SMILES string of the molecule is CC(=O)OC(C)=O.CC(=O)OC(CN1CCCC1)Cn1c2ccccc2c2c1cc(C#N)c(=O)n2-c1ccc([N+](=O)[O-])cc1.N#Cc1cc2c(c3ccccc3n2CC(O)CN2CCCC2)n(-c2ccc([N+](=O)[O-])cc2)c1=O. The highest BCUT2D eigenvalue weighted by Crippen LogP contribution is 2.33. The number of aliphatic hydroxyl groups excluding tert-OH is 1. The minimum atomic E-state index is -0.623. The van der Waals surface area contributed by atoms with Gasteiger partial charge in [-0.15, -0.1) is 0 Å². The van der Waals surface area contributed by atoms with Crippen LogP contribution in [0.4, 0.5) is 11.4 Å². The lowest BCUT2D eigenvalue weighted by Gasteiger charge is -2.24. The highest BCUT2D eigenvalue weighted by atomic mass is 16.6. The first-order chi connectivity index (χ1) is 37.5. The van der Waals surface area contributed by atoms with Crippen LogP contribution in [-0.2, 0) is 36.9 Å².